The lowest BCUT2D eigenvalue weighted by Gasteiger charge is -2.33. The van der Waals surface area contributed by atoms with Crippen molar-refractivity contribution in [2.24, 2.45) is 0 Å². The molecule has 3 aromatic carbocycles. The third-order valence-corrected chi connectivity index (χ3v) is 5.73. The molecule has 134 valence electrons. The van der Waals surface area contributed by atoms with Crippen LogP contribution in [-0.2, 0) is 0 Å². The monoisotopic (exact) mass is 421 g/mol. The SMILES string of the molecule is Fc1ccc([C@@H]2C[C@@H](c3ccc(Br)cc3)n3c(nc4ccccc43)N2)cc1. The highest BCUT2D eigenvalue weighted by atomic mass is 79.9. The Balaban J connectivity index is 1.65. The van der Waals surface area contributed by atoms with Crippen molar-refractivity contribution in [3.05, 3.63) is 94.2 Å². The van der Waals surface area contributed by atoms with E-state index in [0.717, 1.165) is 33.4 Å². The van der Waals surface area contributed by atoms with E-state index < -0.39 is 0 Å². The Morgan fingerprint density at radius 1 is 0.926 bits per heavy atom. The zero-order valence-electron chi connectivity index (χ0n) is 14.4. The molecule has 0 spiro atoms. The minimum Gasteiger partial charge on any atom is -0.349 e. The first-order valence-electron chi connectivity index (χ1n) is 8.93. The van der Waals surface area contributed by atoms with Gasteiger partial charge in [-0.25, -0.2) is 9.37 Å². The van der Waals surface area contributed by atoms with Crippen molar-refractivity contribution in [2.45, 2.75) is 18.5 Å². The first-order valence-corrected chi connectivity index (χ1v) is 9.73. The fourth-order valence-electron chi connectivity index (χ4n) is 3.89. The van der Waals surface area contributed by atoms with Gasteiger partial charge in [0.1, 0.15) is 5.82 Å². The van der Waals surface area contributed by atoms with Crippen molar-refractivity contribution in [1.82, 2.24) is 9.55 Å². The van der Waals surface area contributed by atoms with Gasteiger partial charge in [0.05, 0.1) is 23.1 Å². The van der Waals surface area contributed by atoms with Gasteiger partial charge < -0.3 is 9.88 Å². The molecule has 5 rings (SSSR count). The second kappa shape index (κ2) is 6.50. The minimum atomic E-state index is -0.216. The highest BCUT2D eigenvalue weighted by molar-refractivity contribution is 9.10. The highest BCUT2D eigenvalue weighted by Gasteiger charge is 2.30. The van der Waals surface area contributed by atoms with Crippen LogP contribution in [0.3, 0.4) is 0 Å². The van der Waals surface area contributed by atoms with Gasteiger partial charge in [-0.2, -0.15) is 0 Å². The summed E-state index contributed by atoms with van der Waals surface area (Å²) in [6, 6.07) is 23.6. The van der Waals surface area contributed by atoms with E-state index in [1.165, 1.54) is 17.7 Å². The first kappa shape index (κ1) is 16.5. The van der Waals surface area contributed by atoms with Crippen molar-refractivity contribution in [2.75, 3.05) is 5.32 Å². The molecular weight excluding hydrogens is 405 g/mol. The summed E-state index contributed by atoms with van der Waals surface area (Å²) in [5.41, 5.74) is 4.39. The number of nitrogens with zero attached hydrogens (tertiary/aromatic N) is 2. The van der Waals surface area contributed by atoms with Crippen molar-refractivity contribution in [3.8, 4) is 0 Å². The number of fused-ring (bicyclic) bond motifs is 3. The lowest BCUT2D eigenvalue weighted by Crippen LogP contribution is -2.27. The van der Waals surface area contributed by atoms with Gasteiger partial charge >= 0.3 is 0 Å². The molecular formula is C22H17BrFN3. The predicted molar refractivity (Wildman–Crippen MR) is 109 cm³/mol. The Morgan fingerprint density at radius 2 is 1.63 bits per heavy atom. The maximum absolute atomic E-state index is 13.4. The number of anilines is 1. The van der Waals surface area contributed by atoms with Gasteiger partial charge in [-0.05, 0) is 53.9 Å². The molecule has 3 nitrogen and oxygen atoms in total. The molecule has 0 aliphatic carbocycles. The number of imidazole rings is 1. The van der Waals surface area contributed by atoms with Crippen molar-refractivity contribution < 1.29 is 4.39 Å². The molecule has 0 radical (unpaired) electrons. The molecule has 0 bridgehead atoms. The number of benzene rings is 3. The minimum absolute atomic E-state index is 0.0727. The summed E-state index contributed by atoms with van der Waals surface area (Å²) in [7, 11) is 0. The average molecular weight is 422 g/mol. The van der Waals surface area contributed by atoms with Gasteiger partial charge in [0, 0.05) is 4.47 Å². The second-order valence-electron chi connectivity index (χ2n) is 6.85. The van der Waals surface area contributed by atoms with E-state index in [1.807, 2.05) is 30.3 Å². The molecule has 2 atom stereocenters. The van der Waals surface area contributed by atoms with E-state index in [9.17, 15) is 4.39 Å². The van der Waals surface area contributed by atoms with Crippen LogP contribution in [0.2, 0.25) is 0 Å². The van der Waals surface area contributed by atoms with Crippen LogP contribution >= 0.6 is 15.9 Å². The summed E-state index contributed by atoms with van der Waals surface area (Å²) in [5, 5.41) is 3.55. The highest BCUT2D eigenvalue weighted by Crippen LogP contribution is 2.41. The molecule has 1 aromatic heterocycles. The fraction of sp³-hybridized carbons (Fsp3) is 0.136. The Kier molecular flexibility index (Phi) is 3.97. The second-order valence-corrected chi connectivity index (χ2v) is 7.76. The number of hydrogen-bond donors (Lipinski definition) is 1. The number of hydrogen-bond acceptors (Lipinski definition) is 2. The Bertz CT molecular complexity index is 1100. The maximum Gasteiger partial charge on any atom is 0.204 e. The van der Waals surface area contributed by atoms with Crippen LogP contribution in [0.15, 0.2) is 77.3 Å². The summed E-state index contributed by atoms with van der Waals surface area (Å²) in [6.07, 6.45) is 0.862. The quantitative estimate of drug-likeness (QED) is 0.424. The topological polar surface area (TPSA) is 29.9 Å². The van der Waals surface area contributed by atoms with Gasteiger partial charge in [0.15, 0.2) is 0 Å². The Hall–Kier alpha value is -2.66. The number of para-hydroxylation sites is 2. The van der Waals surface area contributed by atoms with Gasteiger partial charge in [0.25, 0.3) is 0 Å². The third kappa shape index (κ3) is 2.92. The molecule has 0 unspecified atom stereocenters. The normalized spacial score (nSPS) is 18.9. The Labute approximate surface area is 165 Å². The summed E-state index contributed by atoms with van der Waals surface area (Å²) >= 11 is 3.52. The molecule has 0 fully saturated rings. The molecule has 1 N–H and O–H groups in total. The number of rotatable bonds is 2. The van der Waals surface area contributed by atoms with Crippen molar-refractivity contribution in [1.29, 1.82) is 0 Å². The van der Waals surface area contributed by atoms with Crippen LogP contribution in [0.4, 0.5) is 10.3 Å². The van der Waals surface area contributed by atoms with Crippen LogP contribution in [0, 0.1) is 5.82 Å². The van der Waals surface area contributed by atoms with Crippen LogP contribution in [0.5, 0.6) is 0 Å². The van der Waals surface area contributed by atoms with E-state index in [2.05, 4.69) is 56.1 Å². The molecule has 0 saturated heterocycles. The van der Waals surface area contributed by atoms with Crippen molar-refractivity contribution in [3.63, 3.8) is 0 Å². The molecule has 27 heavy (non-hydrogen) atoms. The standard InChI is InChI=1S/C22H17BrFN3/c23-16-9-5-15(6-10-16)21-13-19(14-7-11-17(24)12-8-14)26-22-25-18-3-1-2-4-20(18)27(21)22/h1-12,19,21H,13H2,(H,25,26)/t19-,21-/m0/s1. The average Bonchev–Trinajstić information content (AvgIpc) is 3.07. The summed E-state index contributed by atoms with van der Waals surface area (Å²) in [5.74, 6) is 0.635. The zero-order valence-corrected chi connectivity index (χ0v) is 16.0. The maximum atomic E-state index is 13.4. The molecule has 0 saturated carbocycles. The zero-order chi connectivity index (χ0) is 18.4. The predicted octanol–water partition coefficient (Wildman–Crippen LogP) is 6.08. The third-order valence-electron chi connectivity index (χ3n) is 5.20. The number of halogens is 2. The molecule has 0 amide bonds. The van der Waals surface area contributed by atoms with Gasteiger partial charge in [-0.1, -0.05) is 52.3 Å². The number of nitrogens with one attached hydrogen (secondary N) is 1. The van der Waals surface area contributed by atoms with Crippen LogP contribution in [-0.4, -0.2) is 9.55 Å². The van der Waals surface area contributed by atoms with E-state index >= 15 is 0 Å². The molecule has 2 heterocycles. The lowest BCUT2D eigenvalue weighted by atomic mass is 9.93. The van der Waals surface area contributed by atoms with Crippen molar-refractivity contribution >= 4 is 32.9 Å². The Morgan fingerprint density at radius 3 is 2.41 bits per heavy atom. The van der Waals surface area contributed by atoms with E-state index in [4.69, 9.17) is 4.98 Å². The van der Waals surface area contributed by atoms with Crippen LogP contribution in [0.1, 0.15) is 29.6 Å². The summed E-state index contributed by atoms with van der Waals surface area (Å²) in [6.45, 7) is 0. The summed E-state index contributed by atoms with van der Waals surface area (Å²) in [4.78, 5) is 4.81. The lowest BCUT2D eigenvalue weighted by molar-refractivity contribution is 0.477. The van der Waals surface area contributed by atoms with Gasteiger partial charge in [0.2, 0.25) is 5.95 Å². The van der Waals surface area contributed by atoms with Gasteiger partial charge in [-0.15, -0.1) is 0 Å². The molecule has 5 heteroatoms. The van der Waals surface area contributed by atoms with E-state index in [-0.39, 0.29) is 17.9 Å². The van der Waals surface area contributed by atoms with Crippen LogP contribution < -0.4 is 5.32 Å². The smallest absolute Gasteiger partial charge is 0.204 e. The van der Waals surface area contributed by atoms with E-state index in [0.29, 0.717) is 0 Å². The van der Waals surface area contributed by atoms with Gasteiger partial charge in [-0.3, -0.25) is 0 Å². The molecule has 1 aliphatic rings. The summed E-state index contributed by atoms with van der Waals surface area (Å²) < 4.78 is 16.7. The van der Waals surface area contributed by atoms with Crippen LogP contribution in [0.25, 0.3) is 11.0 Å². The largest absolute Gasteiger partial charge is 0.349 e. The van der Waals surface area contributed by atoms with E-state index in [1.54, 1.807) is 0 Å². The molecule has 1 aliphatic heterocycles. The number of aromatic nitrogens is 2. The molecule has 4 aromatic rings. The fourth-order valence-corrected chi connectivity index (χ4v) is 4.15. The first-order chi connectivity index (χ1) is 13.2.